The molecule has 0 aliphatic carbocycles. The summed E-state index contributed by atoms with van der Waals surface area (Å²) in [6, 6.07) is 0. The van der Waals surface area contributed by atoms with Crippen LogP contribution in [0.25, 0.3) is 0 Å². The van der Waals surface area contributed by atoms with E-state index in [1.54, 1.807) is 0 Å². The Morgan fingerprint density at radius 1 is 1.33 bits per heavy atom. The molecule has 0 fully saturated rings. The van der Waals surface area contributed by atoms with E-state index in [1.807, 2.05) is 19.1 Å². The minimum atomic E-state index is 0.349. The lowest BCUT2D eigenvalue weighted by Crippen LogP contribution is -2.05. The van der Waals surface area contributed by atoms with Crippen molar-refractivity contribution in [2.75, 3.05) is 0 Å². The predicted molar refractivity (Wildman–Crippen MR) is 57.2 cm³/mol. The topological polar surface area (TPSA) is 0 Å². The first-order valence-electron chi connectivity index (χ1n) is 4.44. The van der Waals surface area contributed by atoms with Crippen molar-refractivity contribution >= 4 is 0 Å². The van der Waals surface area contributed by atoms with E-state index in [9.17, 15) is 0 Å². The maximum atomic E-state index is 3.80. The van der Waals surface area contributed by atoms with Gasteiger partial charge in [-0.2, -0.15) is 0 Å². The highest BCUT2D eigenvalue weighted by molar-refractivity contribution is 5.22. The summed E-state index contributed by atoms with van der Waals surface area (Å²) in [5.41, 5.74) is 1.65. The quantitative estimate of drug-likeness (QED) is 0.551. The molecule has 0 N–H and O–H groups in total. The molecule has 0 aliphatic rings. The lowest BCUT2D eigenvalue weighted by molar-refractivity contribution is 0.413. The molecule has 0 aromatic heterocycles. The van der Waals surface area contributed by atoms with Crippen LogP contribution in [0.5, 0.6) is 0 Å². The van der Waals surface area contributed by atoms with E-state index < -0.39 is 0 Å². The fourth-order valence-electron chi connectivity index (χ4n) is 1.03. The van der Waals surface area contributed by atoms with Crippen LogP contribution in [0.1, 0.15) is 34.1 Å². The van der Waals surface area contributed by atoms with Crippen molar-refractivity contribution in [2.24, 2.45) is 5.41 Å². The van der Waals surface area contributed by atoms with Crippen LogP contribution < -0.4 is 0 Å². The highest BCUT2D eigenvalue weighted by atomic mass is 14.2. The Morgan fingerprint density at radius 2 is 1.92 bits per heavy atom. The second kappa shape index (κ2) is 4.97. The van der Waals surface area contributed by atoms with Crippen molar-refractivity contribution in [2.45, 2.75) is 34.1 Å². The number of allylic oxidation sites excluding steroid dienone is 5. The zero-order chi connectivity index (χ0) is 9.61. The van der Waals surface area contributed by atoms with E-state index in [-0.39, 0.29) is 0 Å². The smallest absolute Gasteiger partial charge is 0.0230 e. The molecule has 0 rings (SSSR count). The Bertz CT molecular complexity index is 187. The summed E-state index contributed by atoms with van der Waals surface area (Å²) in [6.07, 6.45) is 9.24. The molecular weight excluding hydrogens is 144 g/mol. The molecule has 0 spiro atoms. The number of hydrogen-bond acceptors (Lipinski definition) is 0. The second-order valence-corrected chi connectivity index (χ2v) is 4.21. The average molecular weight is 164 g/mol. The zero-order valence-electron chi connectivity index (χ0n) is 8.72. The lowest BCUT2D eigenvalue weighted by atomic mass is 9.88. The predicted octanol–water partition coefficient (Wildman–Crippen LogP) is 4.11. The Labute approximate surface area is 76.7 Å². The average Bonchev–Trinajstić information content (AvgIpc) is 1.95. The van der Waals surface area contributed by atoms with E-state index in [0.717, 1.165) is 6.42 Å². The summed E-state index contributed by atoms with van der Waals surface area (Å²) in [6.45, 7) is 12.5. The van der Waals surface area contributed by atoms with Gasteiger partial charge in [-0.05, 0) is 24.3 Å². The number of rotatable bonds is 3. The van der Waals surface area contributed by atoms with Crippen molar-refractivity contribution in [3.05, 3.63) is 36.5 Å². The van der Waals surface area contributed by atoms with Crippen LogP contribution >= 0.6 is 0 Å². The van der Waals surface area contributed by atoms with Gasteiger partial charge >= 0.3 is 0 Å². The van der Waals surface area contributed by atoms with Crippen molar-refractivity contribution in [1.29, 1.82) is 0 Å². The SMILES string of the molecule is C=C/C(=C\C=C/C)CC(C)(C)C. The third-order valence-electron chi connectivity index (χ3n) is 1.50. The van der Waals surface area contributed by atoms with Crippen LogP contribution in [0.15, 0.2) is 36.5 Å². The molecule has 0 aromatic carbocycles. The van der Waals surface area contributed by atoms with Crippen LogP contribution in [-0.2, 0) is 0 Å². The van der Waals surface area contributed by atoms with Crippen LogP contribution in [0.4, 0.5) is 0 Å². The molecule has 0 amide bonds. The molecule has 0 nitrogen and oxygen atoms in total. The molecule has 0 bridgehead atoms. The molecule has 0 saturated heterocycles. The fraction of sp³-hybridized carbons (Fsp3) is 0.500. The highest BCUT2D eigenvalue weighted by Gasteiger charge is 2.10. The normalized spacial score (nSPS) is 13.8. The molecule has 0 aromatic rings. The van der Waals surface area contributed by atoms with E-state index >= 15 is 0 Å². The minimum absolute atomic E-state index is 0.349. The molecule has 0 atom stereocenters. The second-order valence-electron chi connectivity index (χ2n) is 4.21. The summed E-state index contributed by atoms with van der Waals surface area (Å²) in [5.74, 6) is 0. The third-order valence-corrected chi connectivity index (χ3v) is 1.50. The number of hydrogen-bond donors (Lipinski definition) is 0. The van der Waals surface area contributed by atoms with Gasteiger partial charge in [-0.25, -0.2) is 0 Å². The van der Waals surface area contributed by atoms with Gasteiger partial charge in [-0.15, -0.1) is 0 Å². The van der Waals surface area contributed by atoms with E-state index in [4.69, 9.17) is 0 Å². The molecule has 68 valence electrons. The van der Waals surface area contributed by atoms with Gasteiger partial charge in [0.05, 0.1) is 0 Å². The van der Waals surface area contributed by atoms with Crippen molar-refractivity contribution in [3.63, 3.8) is 0 Å². The summed E-state index contributed by atoms with van der Waals surface area (Å²) >= 11 is 0. The summed E-state index contributed by atoms with van der Waals surface area (Å²) in [4.78, 5) is 0. The lowest BCUT2D eigenvalue weighted by Gasteiger charge is -2.18. The molecule has 0 saturated carbocycles. The van der Waals surface area contributed by atoms with Crippen molar-refractivity contribution in [1.82, 2.24) is 0 Å². The van der Waals surface area contributed by atoms with Crippen LogP contribution in [0.3, 0.4) is 0 Å². The summed E-state index contributed by atoms with van der Waals surface area (Å²) in [7, 11) is 0. The fourth-order valence-corrected chi connectivity index (χ4v) is 1.03. The van der Waals surface area contributed by atoms with Gasteiger partial charge in [0.1, 0.15) is 0 Å². The standard InChI is InChI=1S/C12H20/c1-6-8-9-11(7-2)10-12(3,4)5/h6-9H,2,10H2,1,3-5H3/b8-6-,11-9+. The monoisotopic (exact) mass is 164 g/mol. The Kier molecular flexibility index (Phi) is 4.65. The summed E-state index contributed by atoms with van der Waals surface area (Å²) in [5, 5.41) is 0. The minimum Gasteiger partial charge on any atom is -0.0988 e. The largest absolute Gasteiger partial charge is 0.0988 e. The zero-order valence-corrected chi connectivity index (χ0v) is 8.72. The maximum Gasteiger partial charge on any atom is -0.0230 e. The van der Waals surface area contributed by atoms with Gasteiger partial charge in [0.2, 0.25) is 0 Å². The van der Waals surface area contributed by atoms with Gasteiger partial charge in [0, 0.05) is 0 Å². The van der Waals surface area contributed by atoms with E-state index in [0.29, 0.717) is 5.41 Å². The molecule has 12 heavy (non-hydrogen) atoms. The maximum absolute atomic E-state index is 3.80. The van der Waals surface area contributed by atoms with Gasteiger partial charge in [-0.1, -0.05) is 51.7 Å². The molecule has 0 unspecified atom stereocenters. The highest BCUT2D eigenvalue weighted by Crippen LogP contribution is 2.24. The Balaban J connectivity index is 4.28. The molecule has 0 heterocycles. The first-order chi connectivity index (χ1) is 5.49. The van der Waals surface area contributed by atoms with Gasteiger partial charge < -0.3 is 0 Å². The Hall–Kier alpha value is -0.780. The molecule has 0 aliphatic heterocycles. The van der Waals surface area contributed by atoms with Crippen LogP contribution in [-0.4, -0.2) is 0 Å². The molecule has 0 radical (unpaired) electrons. The first-order valence-corrected chi connectivity index (χ1v) is 4.44. The first kappa shape index (κ1) is 11.2. The van der Waals surface area contributed by atoms with E-state index in [1.165, 1.54) is 5.57 Å². The van der Waals surface area contributed by atoms with E-state index in [2.05, 4.69) is 39.5 Å². The van der Waals surface area contributed by atoms with Crippen molar-refractivity contribution < 1.29 is 0 Å². The van der Waals surface area contributed by atoms with Gasteiger partial charge in [0.15, 0.2) is 0 Å². The molecular formula is C12H20. The summed E-state index contributed by atoms with van der Waals surface area (Å²) < 4.78 is 0. The van der Waals surface area contributed by atoms with Crippen molar-refractivity contribution in [3.8, 4) is 0 Å². The third kappa shape index (κ3) is 5.96. The van der Waals surface area contributed by atoms with Gasteiger partial charge in [-0.3, -0.25) is 0 Å². The van der Waals surface area contributed by atoms with Gasteiger partial charge in [0.25, 0.3) is 0 Å². The van der Waals surface area contributed by atoms with Crippen LogP contribution in [0.2, 0.25) is 0 Å². The van der Waals surface area contributed by atoms with Crippen LogP contribution in [0, 0.1) is 5.41 Å². The molecule has 0 heteroatoms. The Morgan fingerprint density at radius 3 is 2.25 bits per heavy atom.